The summed E-state index contributed by atoms with van der Waals surface area (Å²) in [6.07, 6.45) is 5.00. The minimum atomic E-state index is 0.222. The van der Waals surface area contributed by atoms with Crippen LogP contribution in [-0.2, 0) is 18.4 Å². The zero-order chi connectivity index (χ0) is 19.8. The van der Waals surface area contributed by atoms with E-state index in [0.29, 0.717) is 11.7 Å². The van der Waals surface area contributed by atoms with Crippen molar-refractivity contribution in [3.63, 3.8) is 0 Å². The first kappa shape index (κ1) is 18.9. The average Bonchev–Trinajstić information content (AvgIpc) is 3.40. The fourth-order valence-corrected chi connectivity index (χ4v) is 4.87. The first-order valence-electron chi connectivity index (χ1n) is 9.68. The third-order valence-corrected chi connectivity index (χ3v) is 6.58. The lowest BCUT2D eigenvalue weighted by atomic mass is 10.2. The van der Waals surface area contributed by atoms with E-state index in [1.807, 2.05) is 34.3 Å². The Labute approximate surface area is 168 Å². The second-order valence-corrected chi connectivity index (χ2v) is 8.32. The van der Waals surface area contributed by atoms with Crippen LogP contribution in [0.3, 0.4) is 0 Å². The number of aryl methyl sites for hydroxylation is 2. The van der Waals surface area contributed by atoms with Crippen molar-refractivity contribution in [3.8, 4) is 11.4 Å². The molecule has 1 amide bonds. The SMILES string of the molecule is CCC(=O)N1CCC(Sc2ncnc3c2nc(-c2cnn(CC)c2C)n3C)C1. The Morgan fingerprint density at radius 1 is 1.32 bits per heavy atom. The summed E-state index contributed by atoms with van der Waals surface area (Å²) >= 11 is 1.70. The van der Waals surface area contributed by atoms with E-state index in [0.717, 1.165) is 59.3 Å². The molecule has 1 unspecified atom stereocenters. The van der Waals surface area contributed by atoms with Crippen LogP contribution in [0.15, 0.2) is 17.6 Å². The molecule has 0 spiro atoms. The second kappa shape index (κ2) is 7.54. The maximum Gasteiger partial charge on any atom is 0.222 e. The van der Waals surface area contributed by atoms with Crippen molar-refractivity contribution in [2.45, 2.75) is 50.4 Å². The number of rotatable bonds is 5. The number of amides is 1. The van der Waals surface area contributed by atoms with E-state index in [1.165, 1.54) is 0 Å². The largest absolute Gasteiger partial charge is 0.342 e. The number of hydrogen-bond acceptors (Lipinski definition) is 6. The van der Waals surface area contributed by atoms with Crippen LogP contribution in [0.2, 0.25) is 0 Å². The van der Waals surface area contributed by atoms with E-state index >= 15 is 0 Å². The van der Waals surface area contributed by atoms with Gasteiger partial charge < -0.3 is 9.47 Å². The van der Waals surface area contributed by atoms with Crippen LogP contribution in [0.5, 0.6) is 0 Å². The fourth-order valence-electron chi connectivity index (χ4n) is 3.72. The van der Waals surface area contributed by atoms with Crippen LogP contribution in [0, 0.1) is 6.92 Å². The maximum absolute atomic E-state index is 12.0. The predicted molar refractivity (Wildman–Crippen MR) is 109 cm³/mol. The van der Waals surface area contributed by atoms with Crippen LogP contribution in [0.4, 0.5) is 0 Å². The van der Waals surface area contributed by atoms with Gasteiger partial charge in [0.2, 0.25) is 5.91 Å². The summed E-state index contributed by atoms with van der Waals surface area (Å²) in [6.45, 7) is 8.46. The summed E-state index contributed by atoms with van der Waals surface area (Å²) in [7, 11) is 1.98. The summed E-state index contributed by atoms with van der Waals surface area (Å²) in [4.78, 5) is 27.8. The Morgan fingerprint density at radius 3 is 2.86 bits per heavy atom. The first-order valence-corrected chi connectivity index (χ1v) is 10.6. The Hall–Kier alpha value is -2.42. The molecule has 3 aromatic heterocycles. The fraction of sp³-hybridized carbons (Fsp3) is 0.526. The normalized spacial score (nSPS) is 17.0. The van der Waals surface area contributed by atoms with Crippen LogP contribution in [-0.4, -0.2) is 58.4 Å². The lowest BCUT2D eigenvalue weighted by molar-refractivity contribution is -0.129. The molecular weight excluding hydrogens is 374 g/mol. The molecule has 4 heterocycles. The highest BCUT2D eigenvalue weighted by atomic mass is 32.2. The Kier molecular flexibility index (Phi) is 5.09. The first-order chi connectivity index (χ1) is 13.5. The van der Waals surface area contributed by atoms with Gasteiger partial charge >= 0.3 is 0 Å². The molecule has 8 nitrogen and oxygen atoms in total. The minimum Gasteiger partial charge on any atom is -0.342 e. The third-order valence-electron chi connectivity index (χ3n) is 5.34. The zero-order valence-electron chi connectivity index (χ0n) is 16.7. The maximum atomic E-state index is 12.0. The molecule has 1 atom stereocenters. The highest BCUT2D eigenvalue weighted by molar-refractivity contribution is 8.00. The van der Waals surface area contributed by atoms with Crippen LogP contribution in [0.25, 0.3) is 22.6 Å². The topological polar surface area (TPSA) is 81.7 Å². The van der Waals surface area contributed by atoms with Crippen molar-refractivity contribution < 1.29 is 4.79 Å². The van der Waals surface area contributed by atoms with Gasteiger partial charge in [-0.3, -0.25) is 9.48 Å². The molecule has 0 N–H and O–H groups in total. The zero-order valence-corrected chi connectivity index (χ0v) is 17.5. The number of carbonyl (C=O) groups excluding carboxylic acids is 1. The molecule has 1 fully saturated rings. The molecule has 148 valence electrons. The van der Waals surface area contributed by atoms with E-state index in [-0.39, 0.29) is 5.91 Å². The van der Waals surface area contributed by atoms with Crippen LogP contribution < -0.4 is 0 Å². The monoisotopic (exact) mass is 399 g/mol. The van der Waals surface area contributed by atoms with Gasteiger partial charge in [0.05, 0.1) is 11.8 Å². The molecule has 1 saturated heterocycles. The Balaban J connectivity index is 1.66. The highest BCUT2D eigenvalue weighted by Crippen LogP contribution is 2.34. The molecule has 4 rings (SSSR count). The number of imidazole rings is 1. The van der Waals surface area contributed by atoms with Crippen molar-refractivity contribution >= 4 is 28.8 Å². The standard InChI is InChI=1S/C19H25N7OS/c1-5-15(27)25-8-7-13(10-25)28-19-16-18(20-11-21-19)24(4)17(23-16)14-9-22-26(6-2)12(14)3/h9,11,13H,5-8,10H2,1-4H3. The molecular formula is C19H25N7OS. The number of carbonyl (C=O) groups is 1. The van der Waals surface area contributed by atoms with Crippen molar-refractivity contribution in [1.82, 2.24) is 34.2 Å². The highest BCUT2D eigenvalue weighted by Gasteiger charge is 2.28. The Morgan fingerprint density at radius 2 is 2.14 bits per heavy atom. The van der Waals surface area contributed by atoms with Gasteiger partial charge in [-0.1, -0.05) is 18.7 Å². The average molecular weight is 400 g/mol. The summed E-state index contributed by atoms with van der Waals surface area (Å²) in [6, 6.07) is 0. The summed E-state index contributed by atoms with van der Waals surface area (Å²) < 4.78 is 3.97. The summed E-state index contributed by atoms with van der Waals surface area (Å²) in [5.74, 6) is 1.07. The van der Waals surface area contributed by atoms with Gasteiger partial charge in [0.25, 0.3) is 0 Å². The lowest BCUT2D eigenvalue weighted by Gasteiger charge is -2.15. The van der Waals surface area contributed by atoms with Gasteiger partial charge in [-0.05, 0) is 20.3 Å². The van der Waals surface area contributed by atoms with Crippen molar-refractivity contribution in [2.24, 2.45) is 7.05 Å². The van der Waals surface area contributed by atoms with Crippen molar-refractivity contribution in [3.05, 3.63) is 18.2 Å². The van der Waals surface area contributed by atoms with E-state index in [9.17, 15) is 4.79 Å². The smallest absolute Gasteiger partial charge is 0.222 e. The van der Waals surface area contributed by atoms with E-state index in [1.54, 1.807) is 18.1 Å². The molecule has 3 aromatic rings. The lowest BCUT2D eigenvalue weighted by Crippen LogP contribution is -2.28. The molecule has 0 saturated carbocycles. The number of hydrogen-bond donors (Lipinski definition) is 0. The van der Waals surface area contributed by atoms with Gasteiger partial charge in [0.1, 0.15) is 22.7 Å². The van der Waals surface area contributed by atoms with E-state index < -0.39 is 0 Å². The number of nitrogens with zero attached hydrogens (tertiary/aromatic N) is 7. The number of thioether (sulfide) groups is 1. The van der Waals surface area contributed by atoms with E-state index in [2.05, 4.69) is 28.9 Å². The molecule has 1 aliphatic heterocycles. The molecule has 1 aliphatic rings. The number of aromatic nitrogens is 6. The summed E-state index contributed by atoms with van der Waals surface area (Å²) in [5, 5.41) is 5.66. The van der Waals surface area contributed by atoms with Crippen molar-refractivity contribution in [1.29, 1.82) is 0 Å². The number of likely N-dealkylation sites (tertiary alicyclic amines) is 1. The molecule has 0 radical (unpaired) electrons. The quantitative estimate of drug-likeness (QED) is 0.614. The second-order valence-electron chi connectivity index (χ2n) is 7.03. The molecule has 28 heavy (non-hydrogen) atoms. The van der Waals surface area contributed by atoms with Crippen LogP contribution in [0.1, 0.15) is 32.4 Å². The molecule has 0 aromatic carbocycles. The summed E-state index contributed by atoms with van der Waals surface area (Å²) in [5.41, 5.74) is 3.73. The van der Waals surface area contributed by atoms with Crippen molar-refractivity contribution in [2.75, 3.05) is 13.1 Å². The van der Waals surface area contributed by atoms with E-state index in [4.69, 9.17) is 4.98 Å². The number of fused-ring (bicyclic) bond motifs is 1. The predicted octanol–water partition coefficient (Wildman–Crippen LogP) is 2.66. The molecule has 9 heteroatoms. The molecule has 0 bridgehead atoms. The van der Waals surface area contributed by atoms with Gasteiger partial charge in [-0.15, -0.1) is 0 Å². The van der Waals surface area contributed by atoms with Gasteiger partial charge in [-0.25, -0.2) is 15.0 Å². The van der Waals surface area contributed by atoms with Gasteiger partial charge in [0.15, 0.2) is 5.65 Å². The van der Waals surface area contributed by atoms with Gasteiger partial charge in [0, 0.05) is 44.0 Å². The van der Waals surface area contributed by atoms with Gasteiger partial charge in [-0.2, -0.15) is 5.10 Å². The van der Waals surface area contributed by atoms with Crippen LogP contribution >= 0.6 is 11.8 Å². The Bertz CT molecular complexity index is 1020. The molecule has 0 aliphatic carbocycles. The minimum absolute atomic E-state index is 0.222. The third kappa shape index (κ3) is 3.17.